The zero-order valence-corrected chi connectivity index (χ0v) is 29.8. The Morgan fingerprint density at radius 3 is 1.87 bits per heavy atom. The van der Waals surface area contributed by atoms with E-state index in [-0.39, 0.29) is 18.0 Å². The second kappa shape index (κ2) is 34.4. The molecule has 0 fully saturated rings. The topological polar surface area (TPSA) is 119 Å². The van der Waals surface area contributed by atoms with E-state index in [1.54, 1.807) is 0 Å². The van der Waals surface area contributed by atoms with Gasteiger partial charge in [-0.15, -0.1) is 0 Å². The zero-order valence-electron chi connectivity index (χ0n) is 29.8. The molecule has 268 valence electrons. The lowest BCUT2D eigenvalue weighted by molar-refractivity contribution is -0.147. The molecule has 2 atom stereocenters. The number of hydrogen-bond donors (Lipinski definition) is 3. The number of ether oxygens (including phenoxy) is 1. The first-order chi connectivity index (χ1) is 22.9. The lowest BCUT2D eigenvalue weighted by Crippen LogP contribution is -2.40. The molecule has 0 aliphatic rings. The molecule has 0 bridgehead atoms. The number of carbonyl (C=O) groups is 3. The number of hydrogen-bond acceptors (Lipinski definition) is 5. The molecule has 0 heterocycles. The molecule has 0 saturated carbocycles. The third kappa shape index (κ3) is 31.4. The van der Waals surface area contributed by atoms with Crippen molar-refractivity contribution >= 4 is 17.8 Å². The van der Waals surface area contributed by atoms with E-state index in [0.29, 0.717) is 32.2 Å². The number of aliphatic carboxylic acids is 1. The minimum absolute atomic E-state index is 0.114. The van der Waals surface area contributed by atoms with Crippen LogP contribution >= 0.6 is 0 Å². The average Bonchev–Trinajstić information content (AvgIpc) is 3.05. The Morgan fingerprint density at radius 2 is 1.23 bits per heavy atom. The Labute approximate surface area is 287 Å². The SMILES string of the molecule is CC/C=C\C/C=C\C/C=C\C/C=C\C(CCCCCCCC(=O)NC(CCCN)C(=O)O)OC(=O)CCCCCCC/C=C\CCC. The minimum Gasteiger partial charge on any atom is -0.480 e. The molecule has 2 unspecified atom stereocenters. The van der Waals surface area contributed by atoms with Gasteiger partial charge in [-0.3, -0.25) is 9.59 Å². The molecule has 7 heteroatoms. The number of amides is 1. The van der Waals surface area contributed by atoms with E-state index in [1.807, 2.05) is 6.08 Å². The van der Waals surface area contributed by atoms with Crippen molar-refractivity contribution in [3.05, 3.63) is 60.8 Å². The predicted molar refractivity (Wildman–Crippen MR) is 197 cm³/mol. The molecule has 47 heavy (non-hydrogen) atoms. The standard InChI is InChI=1S/C40H68N2O5/c1-3-5-7-9-11-13-15-16-18-21-25-30-36(47-39(44)34-28-24-19-17-14-12-10-8-6-4-2)31-26-22-20-23-27-33-38(43)42-37(40(45)46)32-29-35-41/h5,7-8,10-11,13,16,18,25,30,36-37H,3-4,6,9,12,14-15,17,19-24,26-29,31-35,41H2,1-2H3,(H,42,43)(H,45,46)/b7-5-,10-8-,13-11-,18-16-,30-25-. The van der Waals surface area contributed by atoms with Gasteiger partial charge in [0.25, 0.3) is 0 Å². The van der Waals surface area contributed by atoms with Gasteiger partial charge < -0.3 is 20.9 Å². The maximum absolute atomic E-state index is 12.6. The second-order valence-corrected chi connectivity index (χ2v) is 12.2. The summed E-state index contributed by atoms with van der Waals surface area (Å²) < 4.78 is 5.88. The van der Waals surface area contributed by atoms with Crippen LogP contribution in [0.4, 0.5) is 0 Å². The van der Waals surface area contributed by atoms with E-state index in [1.165, 1.54) is 25.7 Å². The second-order valence-electron chi connectivity index (χ2n) is 12.2. The molecule has 7 nitrogen and oxygen atoms in total. The zero-order chi connectivity index (χ0) is 34.6. The Bertz CT molecular complexity index is 922. The summed E-state index contributed by atoms with van der Waals surface area (Å²) in [4.78, 5) is 36.1. The van der Waals surface area contributed by atoms with Gasteiger partial charge in [-0.25, -0.2) is 4.79 Å². The Kier molecular flexibility index (Phi) is 32.3. The largest absolute Gasteiger partial charge is 0.480 e. The monoisotopic (exact) mass is 657 g/mol. The Balaban J connectivity index is 4.52. The number of esters is 1. The summed E-state index contributed by atoms with van der Waals surface area (Å²) in [6.45, 7) is 4.74. The van der Waals surface area contributed by atoms with Crippen LogP contribution in [0, 0.1) is 0 Å². The van der Waals surface area contributed by atoms with Crippen LogP contribution in [0.5, 0.6) is 0 Å². The summed E-state index contributed by atoms with van der Waals surface area (Å²) in [5.74, 6) is -1.35. The summed E-state index contributed by atoms with van der Waals surface area (Å²) in [7, 11) is 0. The van der Waals surface area contributed by atoms with E-state index in [2.05, 4.69) is 73.8 Å². The fourth-order valence-corrected chi connectivity index (χ4v) is 5.01. The van der Waals surface area contributed by atoms with E-state index >= 15 is 0 Å². The van der Waals surface area contributed by atoms with Crippen LogP contribution in [0.15, 0.2) is 60.8 Å². The summed E-state index contributed by atoms with van der Waals surface area (Å²) in [6.07, 6.45) is 41.3. The third-order valence-corrected chi connectivity index (χ3v) is 7.78. The van der Waals surface area contributed by atoms with Gasteiger partial charge in [0, 0.05) is 12.8 Å². The van der Waals surface area contributed by atoms with Gasteiger partial charge in [0.15, 0.2) is 0 Å². The lowest BCUT2D eigenvalue weighted by atomic mass is 10.1. The maximum Gasteiger partial charge on any atom is 0.326 e. The average molecular weight is 657 g/mol. The van der Waals surface area contributed by atoms with Crippen molar-refractivity contribution < 1.29 is 24.2 Å². The molecule has 0 aromatic rings. The first-order valence-corrected chi connectivity index (χ1v) is 18.6. The highest BCUT2D eigenvalue weighted by Gasteiger charge is 2.18. The number of allylic oxidation sites excluding steroid dienone is 9. The first kappa shape index (κ1) is 44.1. The molecular weight excluding hydrogens is 588 g/mol. The number of carbonyl (C=O) groups excluding carboxylic acids is 2. The highest BCUT2D eigenvalue weighted by atomic mass is 16.5. The Morgan fingerprint density at radius 1 is 0.660 bits per heavy atom. The lowest BCUT2D eigenvalue weighted by Gasteiger charge is -2.15. The fourth-order valence-electron chi connectivity index (χ4n) is 5.01. The van der Waals surface area contributed by atoms with Gasteiger partial charge in [0.2, 0.25) is 5.91 Å². The van der Waals surface area contributed by atoms with Crippen molar-refractivity contribution in [1.29, 1.82) is 0 Å². The maximum atomic E-state index is 12.6. The van der Waals surface area contributed by atoms with E-state index in [9.17, 15) is 19.5 Å². The molecule has 0 radical (unpaired) electrons. The van der Waals surface area contributed by atoms with Crippen LogP contribution in [0.3, 0.4) is 0 Å². The van der Waals surface area contributed by atoms with Crippen LogP contribution in [-0.2, 0) is 19.1 Å². The molecule has 4 N–H and O–H groups in total. The molecule has 0 saturated heterocycles. The summed E-state index contributed by atoms with van der Waals surface area (Å²) in [5, 5.41) is 11.9. The Hall–Kier alpha value is -2.93. The molecule has 1 amide bonds. The number of carboxylic acid groups (broad SMARTS) is 1. The predicted octanol–water partition coefficient (Wildman–Crippen LogP) is 9.83. The number of rotatable bonds is 32. The molecular formula is C40H68N2O5. The number of carboxylic acids is 1. The molecule has 0 rings (SSSR count). The van der Waals surface area contributed by atoms with Gasteiger partial charge in [0.1, 0.15) is 12.1 Å². The van der Waals surface area contributed by atoms with Crippen LogP contribution < -0.4 is 11.1 Å². The van der Waals surface area contributed by atoms with E-state index in [4.69, 9.17) is 10.5 Å². The first-order valence-electron chi connectivity index (χ1n) is 18.6. The molecule has 0 aliphatic carbocycles. The normalized spacial score (nSPS) is 13.4. The molecule has 0 aromatic carbocycles. The number of nitrogens with two attached hydrogens (primary N) is 1. The quantitative estimate of drug-likeness (QED) is 0.0377. The number of unbranched alkanes of at least 4 members (excludes halogenated alkanes) is 10. The highest BCUT2D eigenvalue weighted by Crippen LogP contribution is 2.15. The van der Waals surface area contributed by atoms with Crippen LogP contribution in [0.2, 0.25) is 0 Å². The van der Waals surface area contributed by atoms with Crippen molar-refractivity contribution in [3.8, 4) is 0 Å². The summed E-state index contributed by atoms with van der Waals surface area (Å²) in [5.41, 5.74) is 5.46. The fraction of sp³-hybridized carbons (Fsp3) is 0.675. The van der Waals surface area contributed by atoms with Crippen LogP contribution in [0.25, 0.3) is 0 Å². The highest BCUT2D eigenvalue weighted by molar-refractivity contribution is 5.83. The van der Waals surface area contributed by atoms with Gasteiger partial charge in [-0.1, -0.05) is 113 Å². The van der Waals surface area contributed by atoms with Crippen molar-refractivity contribution in [2.75, 3.05) is 6.54 Å². The molecule has 0 spiro atoms. The van der Waals surface area contributed by atoms with Crippen molar-refractivity contribution in [2.45, 2.75) is 167 Å². The molecule has 0 aromatic heterocycles. The third-order valence-electron chi connectivity index (χ3n) is 7.78. The van der Waals surface area contributed by atoms with Crippen LogP contribution in [-0.4, -0.2) is 41.6 Å². The van der Waals surface area contributed by atoms with Crippen LogP contribution in [0.1, 0.15) is 155 Å². The summed E-state index contributed by atoms with van der Waals surface area (Å²) >= 11 is 0. The van der Waals surface area contributed by atoms with Crippen molar-refractivity contribution in [1.82, 2.24) is 5.32 Å². The summed E-state index contributed by atoms with van der Waals surface area (Å²) in [6, 6.07) is -0.869. The van der Waals surface area contributed by atoms with Crippen molar-refractivity contribution in [2.24, 2.45) is 5.73 Å². The van der Waals surface area contributed by atoms with Gasteiger partial charge in [0.05, 0.1) is 0 Å². The van der Waals surface area contributed by atoms with Crippen molar-refractivity contribution in [3.63, 3.8) is 0 Å². The smallest absolute Gasteiger partial charge is 0.326 e. The van der Waals surface area contributed by atoms with Gasteiger partial charge in [-0.05, 0) is 96.1 Å². The number of nitrogens with one attached hydrogen (secondary N) is 1. The van der Waals surface area contributed by atoms with Gasteiger partial charge >= 0.3 is 11.9 Å². The minimum atomic E-state index is -1.02. The van der Waals surface area contributed by atoms with E-state index in [0.717, 1.165) is 89.9 Å². The van der Waals surface area contributed by atoms with E-state index < -0.39 is 12.0 Å². The van der Waals surface area contributed by atoms with Gasteiger partial charge in [-0.2, -0.15) is 0 Å². The molecule has 0 aliphatic heterocycles.